The van der Waals surface area contributed by atoms with Crippen molar-refractivity contribution in [3.8, 4) is 0 Å². The molecule has 1 N–H and O–H groups in total. The minimum Gasteiger partial charge on any atom is -0.307 e. The summed E-state index contributed by atoms with van der Waals surface area (Å²) in [5.74, 6) is -1.10. The molecular weight excluding hydrogens is 256 g/mol. The van der Waals surface area contributed by atoms with Gasteiger partial charge in [-0.3, -0.25) is 0 Å². The fourth-order valence-corrected chi connectivity index (χ4v) is 2.42. The summed E-state index contributed by atoms with van der Waals surface area (Å²) in [5, 5.41) is 3.30. The van der Waals surface area contributed by atoms with Gasteiger partial charge in [-0.25, -0.2) is 8.78 Å². The van der Waals surface area contributed by atoms with Gasteiger partial charge in [-0.1, -0.05) is 30.7 Å². The predicted molar refractivity (Wildman–Crippen MR) is 77.8 cm³/mol. The van der Waals surface area contributed by atoms with Crippen molar-refractivity contribution in [2.45, 2.75) is 26.8 Å². The van der Waals surface area contributed by atoms with Crippen molar-refractivity contribution in [1.29, 1.82) is 0 Å². The number of benzene rings is 2. The normalized spacial score (nSPS) is 12.4. The summed E-state index contributed by atoms with van der Waals surface area (Å²) in [6.07, 6.45) is 0. The van der Waals surface area contributed by atoms with E-state index in [2.05, 4.69) is 11.4 Å². The molecule has 2 aromatic rings. The highest BCUT2D eigenvalue weighted by Crippen LogP contribution is 2.27. The van der Waals surface area contributed by atoms with Crippen LogP contribution in [0.25, 0.3) is 0 Å². The van der Waals surface area contributed by atoms with Crippen molar-refractivity contribution in [3.63, 3.8) is 0 Å². The molecule has 0 bridgehead atoms. The molecule has 0 fully saturated rings. The zero-order chi connectivity index (χ0) is 14.7. The Bertz CT molecular complexity index is 588. The summed E-state index contributed by atoms with van der Waals surface area (Å²) < 4.78 is 26.9. The van der Waals surface area contributed by atoms with Crippen LogP contribution in [-0.2, 0) is 0 Å². The first-order valence-electron chi connectivity index (χ1n) is 6.77. The number of aryl methyl sites for hydroxylation is 2. The third-order valence-electron chi connectivity index (χ3n) is 3.37. The standard InChI is InChI=1S/C17H19F2N/c1-4-20-17(13-8-14(18)10-15(19)9-13)16-7-11(2)5-6-12(16)3/h5-10,17,20H,4H2,1-3H3. The van der Waals surface area contributed by atoms with E-state index in [4.69, 9.17) is 0 Å². The predicted octanol–water partition coefficient (Wildman–Crippen LogP) is 4.28. The summed E-state index contributed by atoms with van der Waals surface area (Å²) in [5.41, 5.74) is 3.89. The molecular formula is C17H19F2N. The Kier molecular flexibility index (Phi) is 4.50. The topological polar surface area (TPSA) is 12.0 Å². The minimum atomic E-state index is -0.548. The Balaban J connectivity index is 2.52. The second kappa shape index (κ2) is 6.14. The molecule has 0 aliphatic rings. The first-order valence-corrected chi connectivity index (χ1v) is 6.77. The van der Waals surface area contributed by atoms with E-state index in [1.54, 1.807) is 0 Å². The van der Waals surface area contributed by atoms with Crippen LogP contribution in [0, 0.1) is 25.5 Å². The Morgan fingerprint density at radius 3 is 2.25 bits per heavy atom. The molecule has 1 unspecified atom stereocenters. The highest BCUT2D eigenvalue weighted by Gasteiger charge is 2.17. The van der Waals surface area contributed by atoms with Gasteiger partial charge in [0.1, 0.15) is 11.6 Å². The summed E-state index contributed by atoms with van der Waals surface area (Å²) >= 11 is 0. The van der Waals surface area contributed by atoms with Gasteiger partial charge in [0, 0.05) is 6.07 Å². The highest BCUT2D eigenvalue weighted by molar-refractivity contribution is 5.39. The van der Waals surface area contributed by atoms with Gasteiger partial charge in [-0.05, 0) is 49.2 Å². The van der Waals surface area contributed by atoms with Crippen LogP contribution >= 0.6 is 0 Å². The van der Waals surface area contributed by atoms with Gasteiger partial charge < -0.3 is 5.32 Å². The van der Waals surface area contributed by atoms with Crippen molar-refractivity contribution >= 4 is 0 Å². The number of halogens is 2. The largest absolute Gasteiger partial charge is 0.307 e. The van der Waals surface area contributed by atoms with Crippen molar-refractivity contribution in [3.05, 3.63) is 70.3 Å². The third kappa shape index (κ3) is 3.23. The first kappa shape index (κ1) is 14.7. The van der Waals surface area contributed by atoms with E-state index in [0.717, 1.165) is 29.3 Å². The van der Waals surface area contributed by atoms with Gasteiger partial charge in [0.15, 0.2) is 0 Å². The molecule has 1 atom stereocenters. The van der Waals surface area contributed by atoms with Crippen LogP contribution in [-0.4, -0.2) is 6.54 Å². The lowest BCUT2D eigenvalue weighted by atomic mass is 9.93. The van der Waals surface area contributed by atoms with Crippen LogP contribution in [0.4, 0.5) is 8.78 Å². The maximum absolute atomic E-state index is 13.5. The molecule has 2 aromatic carbocycles. The molecule has 0 amide bonds. The Hall–Kier alpha value is -1.74. The van der Waals surface area contributed by atoms with E-state index in [9.17, 15) is 8.78 Å². The van der Waals surface area contributed by atoms with Crippen LogP contribution < -0.4 is 5.32 Å². The average Bonchev–Trinajstić information content (AvgIpc) is 2.38. The number of nitrogens with one attached hydrogen (secondary N) is 1. The monoisotopic (exact) mass is 275 g/mol. The van der Waals surface area contributed by atoms with Gasteiger partial charge >= 0.3 is 0 Å². The van der Waals surface area contributed by atoms with Crippen molar-refractivity contribution in [2.24, 2.45) is 0 Å². The molecule has 0 aliphatic carbocycles. The van der Waals surface area contributed by atoms with Crippen LogP contribution in [0.5, 0.6) is 0 Å². The second-order valence-corrected chi connectivity index (χ2v) is 5.05. The van der Waals surface area contributed by atoms with E-state index in [-0.39, 0.29) is 6.04 Å². The van der Waals surface area contributed by atoms with Crippen molar-refractivity contribution in [2.75, 3.05) is 6.54 Å². The number of hydrogen-bond acceptors (Lipinski definition) is 1. The van der Waals surface area contributed by atoms with Gasteiger partial charge in [0.05, 0.1) is 6.04 Å². The quantitative estimate of drug-likeness (QED) is 0.878. The molecule has 0 aliphatic heterocycles. The number of rotatable bonds is 4. The molecule has 0 radical (unpaired) electrons. The van der Waals surface area contributed by atoms with Gasteiger partial charge in [0.25, 0.3) is 0 Å². The molecule has 0 spiro atoms. The van der Waals surface area contributed by atoms with E-state index in [1.165, 1.54) is 12.1 Å². The summed E-state index contributed by atoms with van der Waals surface area (Å²) in [6, 6.07) is 9.60. The third-order valence-corrected chi connectivity index (χ3v) is 3.37. The zero-order valence-electron chi connectivity index (χ0n) is 12.0. The van der Waals surface area contributed by atoms with Crippen molar-refractivity contribution < 1.29 is 8.78 Å². The minimum absolute atomic E-state index is 0.204. The van der Waals surface area contributed by atoms with Crippen LogP contribution in [0.15, 0.2) is 36.4 Å². The SMILES string of the molecule is CCNC(c1cc(F)cc(F)c1)c1cc(C)ccc1C. The van der Waals surface area contributed by atoms with E-state index in [0.29, 0.717) is 5.56 Å². The smallest absolute Gasteiger partial charge is 0.126 e. The molecule has 1 nitrogen and oxygen atoms in total. The van der Waals surface area contributed by atoms with Crippen molar-refractivity contribution in [1.82, 2.24) is 5.32 Å². The Labute approximate surface area is 118 Å². The number of hydrogen-bond donors (Lipinski definition) is 1. The molecule has 2 rings (SSSR count). The summed E-state index contributed by atoms with van der Waals surface area (Å²) in [6.45, 7) is 6.72. The first-order chi connectivity index (χ1) is 9.51. The maximum atomic E-state index is 13.5. The summed E-state index contributed by atoms with van der Waals surface area (Å²) in [4.78, 5) is 0. The fraction of sp³-hybridized carbons (Fsp3) is 0.294. The van der Waals surface area contributed by atoms with Gasteiger partial charge in [-0.15, -0.1) is 0 Å². The zero-order valence-corrected chi connectivity index (χ0v) is 12.0. The van der Waals surface area contributed by atoms with Gasteiger partial charge in [0.2, 0.25) is 0 Å². The average molecular weight is 275 g/mol. The Morgan fingerprint density at radius 2 is 1.65 bits per heavy atom. The van der Waals surface area contributed by atoms with Crippen LogP contribution in [0.2, 0.25) is 0 Å². The molecule has 20 heavy (non-hydrogen) atoms. The molecule has 0 saturated carbocycles. The van der Waals surface area contributed by atoms with E-state index in [1.807, 2.05) is 32.9 Å². The molecule has 0 heterocycles. The lowest BCUT2D eigenvalue weighted by molar-refractivity contribution is 0.564. The molecule has 106 valence electrons. The second-order valence-electron chi connectivity index (χ2n) is 5.05. The lowest BCUT2D eigenvalue weighted by Gasteiger charge is -2.21. The van der Waals surface area contributed by atoms with E-state index < -0.39 is 11.6 Å². The Morgan fingerprint density at radius 1 is 1.00 bits per heavy atom. The molecule has 0 aromatic heterocycles. The van der Waals surface area contributed by atoms with E-state index >= 15 is 0 Å². The maximum Gasteiger partial charge on any atom is 0.126 e. The van der Waals surface area contributed by atoms with Gasteiger partial charge in [-0.2, -0.15) is 0 Å². The molecule has 3 heteroatoms. The van der Waals surface area contributed by atoms with Crippen LogP contribution in [0.3, 0.4) is 0 Å². The molecule has 0 saturated heterocycles. The van der Waals surface area contributed by atoms with Crippen LogP contribution in [0.1, 0.15) is 35.2 Å². The summed E-state index contributed by atoms with van der Waals surface area (Å²) in [7, 11) is 0. The lowest BCUT2D eigenvalue weighted by Crippen LogP contribution is -2.23. The fourth-order valence-electron chi connectivity index (χ4n) is 2.42. The highest BCUT2D eigenvalue weighted by atomic mass is 19.1.